The average Bonchev–Trinajstić information content (AvgIpc) is 2.40. The predicted octanol–water partition coefficient (Wildman–Crippen LogP) is 2.61. The van der Waals surface area contributed by atoms with Crippen molar-refractivity contribution in [3.8, 4) is 16.9 Å². The molecule has 2 rings (SSSR count). The first-order chi connectivity index (χ1) is 8.35. The number of hydrogen-bond acceptors (Lipinski definition) is 3. The van der Waals surface area contributed by atoms with Crippen LogP contribution in [0.25, 0.3) is 11.1 Å². The number of ether oxygens (including phenoxy) is 1. The molecule has 0 unspecified atom stereocenters. The van der Waals surface area contributed by atoms with Gasteiger partial charge in [0.15, 0.2) is 0 Å². The van der Waals surface area contributed by atoms with Crippen molar-refractivity contribution in [1.29, 1.82) is 0 Å². The van der Waals surface area contributed by atoms with E-state index in [2.05, 4.69) is 4.98 Å². The minimum Gasteiger partial charge on any atom is -0.493 e. The first kappa shape index (κ1) is 11.6. The van der Waals surface area contributed by atoms with Crippen LogP contribution in [0.15, 0.2) is 42.7 Å². The molecule has 1 aromatic carbocycles. The van der Waals surface area contributed by atoms with E-state index in [0.717, 1.165) is 22.4 Å². The van der Waals surface area contributed by atoms with E-state index < -0.39 is 0 Å². The summed E-state index contributed by atoms with van der Waals surface area (Å²) in [5.74, 6) is 0.881. The van der Waals surface area contributed by atoms with E-state index in [1.54, 1.807) is 6.20 Å². The molecular weight excluding hydrogens is 212 g/mol. The van der Waals surface area contributed by atoms with Gasteiger partial charge < -0.3 is 10.5 Å². The van der Waals surface area contributed by atoms with E-state index >= 15 is 0 Å². The van der Waals surface area contributed by atoms with Crippen LogP contribution in [0.5, 0.6) is 5.75 Å². The maximum Gasteiger partial charge on any atom is 0.127 e. The fourth-order valence-electron chi connectivity index (χ4n) is 1.73. The van der Waals surface area contributed by atoms with Gasteiger partial charge in [-0.25, -0.2) is 0 Å². The molecule has 0 amide bonds. The molecule has 0 aliphatic carbocycles. The van der Waals surface area contributed by atoms with E-state index in [1.807, 2.05) is 43.5 Å². The Bertz CT molecular complexity index is 497. The molecule has 1 heterocycles. The molecule has 0 aliphatic heterocycles. The summed E-state index contributed by atoms with van der Waals surface area (Å²) in [6.45, 7) is 3.13. The van der Waals surface area contributed by atoms with Crippen molar-refractivity contribution in [2.24, 2.45) is 5.73 Å². The smallest absolute Gasteiger partial charge is 0.127 e. The van der Waals surface area contributed by atoms with E-state index in [1.165, 1.54) is 0 Å². The molecule has 88 valence electrons. The maximum atomic E-state index is 5.62. The molecule has 2 aromatic rings. The fraction of sp³-hybridized carbons (Fsp3) is 0.214. The van der Waals surface area contributed by atoms with E-state index in [-0.39, 0.29) is 0 Å². The summed E-state index contributed by atoms with van der Waals surface area (Å²) in [5, 5.41) is 0. The highest BCUT2D eigenvalue weighted by Crippen LogP contribution is 2.29. The van der Waals surface area contributed by atoms with Crippen molar-refractivity contribution < 1.29 is 4.74 Å². The molecule has 0 spiro atoms. The van der Waals surface area contributed by atoms with Crippen molar-refractivity contribution in [3.05, 3.63) is 48.3 Å². The van der Waals surface area contributed by atoms with Crippen LogP contribution < -0.4 is 10.5 Å². The SMILES string of the molecule is CCOc1ccccc1-c1cncc(CN)c1. The van der Waals surface area contributed by atoms with Crippen molar-refractivity contribution in [2.45, 2.75) is 13.5 Å². The third-order valence-corrected chi connectivity index (χ3v) is 2.53. The summed E-state index contributed by atoms with van der Waals surface area (Å²) in [7, 11) is 0. The largest absolute Gasteiger partial charge is 0.493 e. The lowest BCUT2D eigenvalue weighted by molar-refractivity contribution is 0.341. The minimum atomic E-state index is 0.498. The number of nitrogens with two attached hydrogens (primary N) is 1. The summed E-state index contributed by atoms with van der Waals surface area (Å²) < 4.78 is 5.61. The summed E-state index contributed by atoms with van der Waals surface area (Å²) in [6, 6.07) is 10.0. The second-order valence-corrected chi connectivity index (χ2v) is 3.72. The van der Waals surface area contributed by atoms with Gasteiger partial charge >= 0.3 is 0 Å². The van der Waals surface area contributed by atoms with Crippen LogP contribution >= 0.6 is 0 Å². The molecule has 2 N–H and O–H groups in total. The van der Waals surface area contributed by atoms with Gasteiger partial charge in [0.2, 0.25) is 0 Å². The zero-order chi connectivity index (χ0) is 12.1. The number of hydrogen-bond donors (Lipinski definition) is 1. The molecule has 1 aromatic heterocycles. The molecule has 3 nitrogen and oxygen atoms in total. The van der Waals surface area contributed by atoms with Gasteiger partial charge in [0.05, 0.1) is 6.61 Å². The molecule has 0 bridgehead atoms. The minimum absolute atomic E-state index is 0.498. The van der Waals surface area contributed by atoms with Crippen molar-refractivity contribution in [3.63, 3.8) is 0 Å². The highest BCUT2D eigenvalue weighted by molar-refractivity contribution is 5.70. The Morgan fingerprint density at radius 1 is 1.24 bits per heavy atom. The quantitative estimate of drug-likeness (QED) is 0.875. The number of pyridine rings is 1. The summed E-state index contributed by atoms with van der Waals surface area (Å²) in [6.07, 6.45) is 3.61. The second kappa shape index (κ2) is 5.46. The molecule has 0 saturated heterocycles. The molecule has 3 heteroatoms. The van der Waals surface area contributed by atoms with Crippen molar-refractivity contribution >= 4 is 0 Å². The van der Waals surface area contributed by atoms with Gasteiger partial charge in [-0.05, 0) is 24.6 Å². The van der Waals surface area contributed by atoms with Gasteiger partial charge in [0.1, 0.15) is 5.75 Å². The number of rotatable bonds is 4. The molecular formula is C14H16N2O. The van der Waals surface area contributed by atoms with Gasteiger partial charge in [-0.3, -0.25) is 4.98 Å². The lowest BCUT2D eigenvalue weighted by Gasteiger charge is -2.10. The normalized spacial score (nSPS) is 10.2. The summed E-state index contributed by atoms with van der Waals surface area (Å²) in [4.78, 5) is 4.20. The summed E-state index contributed by atoms with van der Waals surface area (Å²) in [5.41, 5.74) is 8.74. The van der Waals surface area contributed by atoms with Gasteiger partial charge in [0, 0.05) is 30.1 Å². The maximum absolute atomic E-state index is 5.62. The Labute approximate surface area is 101 Å². The zero-order valence-corrected chi connectivity index (χ0v) is 9.89. The van der Waals surface area contributed by atoms with Crippen LogP contribution in [0, 0.1) is 0 Å². The third-order valence-electron chi connectivity index (χ3n) is 2.53. The first-order valence-corrected chi connectivity index (χ1v) is 5.71. The monoisotopic (exact) mass is 228 g/mol. The van der Waals surface area contributed by atoms with Crippen LogP contribution in [0.1, 0.15) is 12.5 Å². The van der Waals surface area contributed by atoms with Crippen LogP contribution in [0.2, 0.25) is 0 Å². The fourth-order valence-corrected chi connectivity index (χ4v) is 1.73. The average molecular weight is 228 g/mol. The topological polar surface area (TPSA) is 48.1 Å². The molecule has 17 heavy (non-hydrogen) atoms. The molecule has 0 aliphatic rings. The lowest BCUT2D eigenvalue weighted by Crippen LogP contribution is -1.98. The highest BCUT2D eigenvalue weighted by atomic mass is 16.5. The Morgan fingerprint density at radius 3 is 2.82 bits per heavy atom. The van der Waals surface area contributed by atoms with Crippen LogP contribution in [-0.2, 0) is 6.54 Å². The van der Waals surface area contributed by atoms with Gasteiger partial charge in [0.25, 0.3) is 0 Å². The standard InChI is InChI=1S/C14H16N2O/c1-2-17-14-6-4-3-5-13(14)12-7-11(8-15)9-16-10-12/h3-7,9-10H,2,8,15H2,1H3. The molecule has 0 saturated carbocycles. The predicted molar refractivity (Wildman–Crippen MR) is 68.7 cm³/mol. The van der Waals surface area contributed by atoms with Gasteiger partial charge in [-0.15, -0.1) is 0 Å². The molecule has 0 fully saturated rings. The first-order valence-electron chi connectivity index (χ1n) is 5.71. The number of benzene rings is 1. The van der Waals surface area contributed by atoms with Crippen LogP contribution in [0.3, 0.4) is 0 Å². The van der Waals surface area contributed by atoms with Crippen molar-refractivity contribution in [2.75, 3.05) is 6.61 Å². The van der Waals surface area contributed by atoms with Crippen LogP contribution in [0.4, 0.5) is 0 Å². The Balaban J connectivity index is 2.44. The van der Waals surface area contributed by atoms with Crippen molar-refractivity contribution in [1.82, 2.24) is 4.98 Å². The van der Waals surface area contributed by atoms with E-state index in [4.69, 9.17) is 10.5 Å². The molecule has 0 atom stereocenters. The van der Waals surface area contributed by atoms with Gasteiger partial charge in [-0.2, -0.15) is 0 Å². The van der Waals surface area contributed by atoms with E-state index in [9.17, 15) is 0 Å². The number of nitrogens with zero attached hydrogens (tertiary/aromatic N) is 1. The Kier molecular flexibility index (Phi) is 3.73. The van der Waals surface area contributed by atoms with Gasteiger partial charge in [-0.1, -0.05) is 18.2 Å². The van der Waals surface area contributed by atoms with Crippen LogP contribution in [-0.4, -0.2) is 11.6 Å². The molecule has 0 radical (unpaired) electrons. The summed E-state index contributed by atoms with van der Waals surface area (Å²) >= 11 is 0. The Hall–Kier alpha value is -1.87. The highest BCUT2D eigenvalue weighted by Gasteiger charge is 2.05. The number of para-hydroxylation sites is 1. The Morgan fingerprint density at radius 2 is 2.06 bits per heavy atom. The zero-order valence-electron chi connectivity index (χ0n) is 9.89. The number of aromatic nitrogens is 1. The lowest BCUT2D eigenvalue weighted by atomic mass is 10.1. The van der Waals surface area contributed by atoms with E-state index in [0.29, 0.717) is 13.2 Å². The second-order valence-electron chi connectivity index (χ2n) is 3.72. The third kappa shape index (κ3) is 2.63.